The number of hydrogen-bond acceptors (Lipinski definition) is 5. The Kier molecular flexibility index (Phi) is 7.39. The van der Waals surface area contributed by atoms with Gasteiger partial charge in [-0.1, -0.05) is 18.6 Å². The van der Waals surface area contributed by atoms with Gasteiger partial charge in [-0.3, -0.25) is 14.5 Å². The SMILES string of the molecule is NCCCCNC(=O)CCCCCN=C1NS(=O)(=O)c2ccccc21. The van der Waals surface area contributed by atoms with Gasteiger partial charge >= 0.3 is 0 Å². The molecular weight excluding hydrogens is 340 g/mol. The van der Waals surface area contributed by atoms with Crippen LogP contribution in [0.4, 0.5) is 0 Å². The minimum absolute atomic E-state index is 0.0702. The molecule has 0 aromatic heterocycles. The predicted octanol–water partition coefficient (Wildman–Crippen LogP) is 1.14. The zero-order valence-electron chi connectivity index (χ0n) is 14.3. The summed E-state index contributed by atoms with van der Waals surface area (Å²) >= 11 is 0. The Balaban J connectivity index is 1.67. The molecule has 1 aromatic carbocycles. The summed E-state index contributed by atoms with van der Waals surface area (Å²) in [5, 5.41) is 2.87. The molecule has 4 N–H and O–H groups in total. The normalized spacial score (nSPS) is 16.4. The molecule has 1 aliphatic rings. The summed E-state index contributed by atoms with van der Waals surface area (Å²) in [4.78, 5) is 16.2. The smallest absolute Gasteiger partial charge is 0.263 e. The molecule has 8 heteroatoms. The van der Waals surface area contributed by atoms with E-state index < -0.39 is 10.0 Å². The van der Waals surface area contributed by atoms with Gasteiger partial charge < -0.3 is 11.1 Å². The van der Waals surface area contributed by atoms with Crippen LogP contribution < -0.4 is 15.8 Å². The van der Waals surface area contributed by atoms with Crippen molar-refractivity contribution in [3.63, 3.8) is 0 Å². The first kappa shape index (κ1) is 19.4. The van der Waals surface area contributed by atoms with Crippen LogP contribution in [0.5, 0.6) is 0 Å². The molecule has 0 aliphatic carbocycles. The van der Waals surface area contributed by atoms with Gasteiger partial charge in [-0.2, -0.15) is 0 Å². The fraction of sp³-hybridized carbons (Fsp3) is 0.529. The van der Waals surface area contributed by atoms with Crippen molar-refractivity contribution in [1.29, 1.82) is 0 Å². The van der Waals surface area contributed by atoms with E-state index in [1.807, 2.05) is 0 Å². The van der Waals surface area contributed by atoms with Crippen LogP contribution in [0, 0.1) is 0 Å². The zero-order valence-corrected chi connectivity index (χ0v) is 15.1. The number of nitrogens with two attached hydrogens (primary N) is 1. The summed E-state index contributed by atoms with van der Waals surface area (Å²) in [6, 6.07) is 6.82. The summed E-state index contributed by atoms with van der Waals surface area (Å²) in [5.74, 6) is 0.481. The van der Waals surface area contributed by atoms with Crippen molar-refractivity contribution in [2.45, 2.75) is 43.4 Å². The Morgan fingerprint density at radius 3 is 2.72 bits per heavy atom. The van der Waals surface area contributed by atoms with Crippen LogP contribution in [0.1, 0.15) is 44.1 Å². The van der Waals surface area contributed by atoms with Crippen molar-refractivity contribution < 1.29 is 13.2 Å². The lowest BCUT2D eigenvalue weighted by Crippen LogP contribution is -2.24. The number of amidine groups is 1. The molecular formula is C17H26N4O3S. The van der Waals surface area contributed by atoms with Gasteiger partial charge in [0.05, 0.1) is 4.90 Å². The number of aliphatic imine (C=N–C) groups is 1. The highest BCUT2D eigenvalue weighted by Crippen LogP contribution is 2.22. The number of fused-ring (bicyclic) bond motifs is 1. The lowest BCUT2D eigenvalue weighted by molar-refractivity contribution is -0.121. The Bertz CT molecular complexity index is 716. The maximum absolute atomic E-state index is 12.0. The molecule has 138 valence electrons. The topological polar surface area (TPSA) is 114 Å². The van der Waals surface area contributed by atoms with Gasteiger partial charge in [0.15, 0.2) is 0 Å². The second kappa shape index (κ2) is 9.53. The third-order valence-electron chi connectivity index (χ3n) is 3.95. The molecule has 1 aromatic rings. The largest absolute Gasteiger partial charge is 0.356 e. The molecule has 7 nitrogen and oxygen atoms in total. The monoisotopic (exact) mass is 366 g/mol. The van der Waals surface area contributed by atoms with Crippen LogP contribution in [-0.2, 0) is 14.8 Å². The number of carbonyl (C=O) groups excluding carboxylic acids is 1. The van der Waals surface area contributed by atoms with Gasteiger partial charge in [0.25, 0.3) is 10.0 Å². The van der Waals surface area contributed by atoms with Gasteiger partial charge in [0, 0.05) is 25.1 Å². The van der Waals surface area contributed by atoms with Crippen molar-refractivity contribution in [2.75, 3.05) is 19.6 Å². The number of carbonyl (C=O) groups is 1. The summed E-state index contributed by atoms with van der Waals surface area (Å²) in [6.45, 7) is 1.87. The number of hydrogen-bond donors (Lipinski definition) is 3. The first-order valence-corrected chi connectivity index (χ1v) is 10.2. The van der Waals surface area contributed by atoms with Crippen LogP contribution in [0.15, 0.2) is 34.2 Å². The molecule has 1 aliphatic heterocycles. The lowest BCUT2D eigenvalue weighted by atomic mass is 10.2. The van der Waals surface area contributed by atoms with E-state index in [0.29, 0.717) is 37.5 Å². The van der Waals surface area contributed by atoms with E-state index in [-0.39, 0.29) is 10.8 Å². The fourth-order valence-corrected chi connectivity index (χ4v) is 3.85. The quantitative estimate of drug-likeness (QED) is 0.539. The Morgan fingerprint density at radius 1 is 1.12 bits per heavy atom. The maximum atomic E-state index is 12.0. The average Bonchev–Trinajstić information content (AvgIpc) is 2.86. The second-order valence-corrected chi connectivity index (χ2v) is 7.64. The number of amides is 1. The van der Waals surface area contributed by atoms with E-state index in [2.05, 4.69) is 15.0 Å². The maximum Gasteiger partial charge on any atom is 0.263 e. The third-order valence-corrected chi connectivity index (χ3v) is 5.34. The standard InChI is InChI=1S/C17H26N4O3S/c18-11-5-7-12-19-16(22)10-2-1-6-13-20-17-14-8-3-4-9-15(14)25(23,24)21-17/h3-4,8-9H,1-2,5-7,10-13,18H2,(H,19,22)(H,20,21). The highest BCUT2D eigenvalue weighted by atomic mass is 32.2. The van der Waals surface area contributed by atoms with E-state index in [4.69, 9.17) is 5.73 Å². The number of rotatable bonds is 10. The number of unbranched alkanes of at least 4 members (excludes halogenated alkanes) is 3. The predicted molar refractivity (Wildman–Crippen MR) is 97.9 cm³/mol. The van der Waals surface area contributed by atoms with Gasteiger partial charge in [-0.25, -0.2) is 8.42 Å². The van der Waals surface area contributed by atoms with E-state index >= 15 is 0 Å². The first-order chi connectivity index (χ1) is 12.0. The van der Waals surface area contributed by atoms with E-state index in [1.165, 1.54) is 0 Å². The van der Waals surface area contributed by atoms with Gasteiger partial charge in [0.2, 0.25) is 5.91 Å². The number of benzene rings is 1. The highest BCUT2D eigenvalue weighted by molar-refractivity contribution is 7.90. The lowest BCUT2D eigenvalue weighted by Gasteiger charge is -2.04. The molecule has 0 fully saturated rings. The van der Waals surface area contributed by atoms with Crippen LogP contribution in [0.2, 0.25) is 0 Å². The van der Waals surface area contributed by atoms with Crippen molar-refractivity contribution in [1.82, 2.24) is 10.0 Å². The molecule has 0 bridgehead atoms. The molecule has 0 spiro atoms. The minimum atomic E-state index is -3.47. The van der Waals surface area contributed by atoms with Gasteiger partial charge in [-0.15, -0.1) is 0 Å². The Morgan fingerprint density at radius 2 is 1.92 bits per heavy atom. The van der Waals surface area contributed by atoms with Crippen LogP contribution in [0.3, 0.4) is 0 Å². The van der Waals surface area contributed by atoms with Gasteiger partial charge in [0.1, 0.15) is 5.84 Å². The molecule has 1 amide bonds. The number of sulfonamides is 1. The summed E-state index contributed by atoms with van der Waals surface area (Å²) in [5.41, 5.74) is 6.02. The van der Waals surface area contributed by atoms with Crippen LogP contribution in [-0.4, -0.2) is 39.8 Å². The third kappa shape index (κ3) is 5.82. The zero-order chi connectivity index (χ0) is 18.1. The van der Waals surface area contributed by atoms with E-state index in [1.54, 1.807) is 24.3 Å². The highest BCUT2D eigenvalue weighted by Gasteiger charge is 2.29. The molecule has 0 radical (unpaired) electrons. The molecule has 0 saturated heterocycles. The van der Waals surface area contributed by atoms with Crippen LogP contribution in [0.25, 0.3) is 0 Å². The fourth-order valence-electron chi connectivity index (χ4n) is 2.60. The van der Waals surface area contributed by atoms with E-state index in [9.17, 15) is 13.2 Å². The molecule has 1 heterocycles. The molecule has 0 unspecified atom stereocenters. The van der Waals surface area contributed by atoms with Crippen LogP contribution >= 0.6 is 0 Å². The molecule has 2 rings (SSSR count). The van der Waals surface area contributed by atoms with E-state index in [0.717, 1.165) is 32.1 Å². The summed E-state index contributed by atoms with van der Waals surface area (Å²) in [6.07, 6.45) is 4.84. The van der Waals surface area contributed by atoms with Crippen molar-refractivity contribution in [3.8, 4) is 0 Å². The second-order valence-electron chi connectivity index (χ2n) is 5.99. The van der Waals surface area contributed by atoms with Crippen molar-refractivity contribution >= 4 is 21.8 Å². The minimum Gasteiger partial charge on any atom is -0.356 e. The van der Waals surface area contributed by atoms with Crippen molar-refractivity contribution in [2.24, 2.45) is 10.7 Å². The molecule has 0 saturated carbocycles. The summed E-state index contributed by atoms with van der Waals surface area (Å²) in [7, 11) is -3.47. The number of nitrogens with one attached hydrogen (secondary N) is 2. The summed E-state index contributed by atoms with van der Waals surface area (Å²) < 4.78 is 26.4. The molecule has 0 atom stereocenters. The van der Waals surface area contributed by atoms with Crippen molar-refractivity contribution in [3.05, 3.63) is 29.8 Å². The average molecular weight is 366 g/mol. The first-order valence-electron chi connectivity index (χ1n) is 8.68. The Labute approximate surface area is 149 Å². The van der Waals surface area contributed by atoms with Gasteiger partial charge in [-0.05, 0) is 44.4 Å². The molecule has 25 heavy (non-hydrogen) atoms. The Hall–Kier alpha value is -1.93. The number of nitrogens with zero attached hydrogens (tertiary/aromatic N) is 1.